The maximum Gasteiger partial charge on any atom is 0.339 e. The van der Waals surface area contributed by atoms with Gasteiger partial charge in [-0.2, -0.15) is 0 Å². The molecule has 1 heterocycles. The number of hydrogen-bond donors (Lipinski definition) is 2. The first-order valence-corrected chi connectivity index (χ1v) is 8.65. The number of aryl methyl sites for hydroxylation is 2. The van der Waals surface area contributed by atoms with Crippen molar-refractivity contribution in [2.75, 3.05) is 17.7 Å². The summed E-state index contributed by atoms with van der Waals surface area (Å²) in [6, 6.07) is 15.9. The molecule has 7 heteroatoms. The third-order valence-corrected chi connectivity index (χ3v) is 4.06. The number of esters is 1. The summed E-state index contributed by atoms with van der Waals surface area (Å²) in [6.45, 7) is 3.61. The van der Waals surface area contributed by atoms with E-state index in [1.54, 1.807) is 31.2 Å². The molecule has 3 rings (SSSR count). The summed E-state index contributed by atoms with van der Waals surface area (Å²) in [5, 5.41) is 5.92. The lowest BCUT2D eigenvalue weighted by atomic mass is 10.1. The average molecular weight is 376 g/mol. The smallest absolute Gasteiger partial charge is 0.339 e. The van der Waals surface area contributed by atoms with Gasteiger partial charge in [0.15, 0.2) is 0 Å². The van der Waals surface area contributed by atoms with Crippen molar-refractivity contribution in [3.8, 4) is 0 Å². The van der Waals surface area contributed by atoms with Gasteiger partial charge in [-0.25, -0.2) is 14.8 Å². The molecule has 1 aromatic heterocycles. The van der Waals surface area contributed by atoms with Gasteiger partial charge < -0.3 is 15.4 Å². The van der Waals surface area contributed by atoms with Gasteiger partial charge in [0, 0.05) is 11.8 Å². The largest absolute Gasteiger partial charge is 0.465 e. The second kappa shape index (κ2) is 8.30. The van der Waals surface area contributed by atoms with Crippen LogP contribution in [0.15, 0.2) is 54.6 Å². The molecular weight excluding hydrogens is 356 g/mol. The number of anilines is 3. The minimum Gasteiger partial charge on any atom is -0.465 e. The van der Waals surface area contributed by atoms with Gasteiger partial charge in [-0.3, -0.25) is 4.79 Å². The van der Waals surface area contributed by atoms with Gasteiger partial charge in [-0.1, -0.05) is 30.3 Å². The lowest BCUT2D eigenvalue weighted by molar-refractivity contribution is 0.0601. The highest BCUT2D eigenvalue weighted by atomic mass is 16.5. The van der Waals surface area contributed by atoms with E-state index in [-0.39, 0.29) is 11.6 Å². The van der Waals surface area contributed by atoms with Gasteiger partial charge in [0.25, 0.3) is 5.91 Å². The first-order valence-electron chi connectivity index (χ1n) is 8.65. The zero-order valence-electron chi connectivity index (χ0n) is 15.8. The minimum atomic E-state index is -0.466. The number of para-hydroxylation sites is 2. The topological polar surface area (TPSA) is 93.2 Å². The number of nitrogens with one attached hydrogen (secondary N) is 2. The number of carbonyl (C=O) groups excluding carboxylic acids is 2. The van der Waals surface area contributed by atoms with E-state index in [1.807, 2.05) is 31.2 Å². The molecule has 0 fully saturated rings. The summed E-state index contributed by atoms with van der Waals surface area (Å²) < 4.78 is 4.80. The fraction of sp³-hybridized carbons (Fsp3) is 0.143. The van der Waals surface area contributed by atoms with E-state index in [0.717, 1.165) is 5.56 Å². The van der Waals surface area contributed by atoms with Crippen molar-refractivity contribution >= 4 is 29.1 Å². The van der Waals surface area contributed by atoms with E-state index in [0.29, 0.717) is 28.6 Å². The molecule has 0 aliphatic carbocycles. The zero-order chi connectivity index (χ0) is 20.1. The molecule has 28 heavy (non-hydrogen) atoms. The van der Waals surface area contributed by atoms with Crippen molar-refractivity contribution in [2.45, 2.75) is 13.8 Å². The second-order valence-corrected chi connectivity index (χ2v) is 6.12. The number of amides is 1. The van der Waals surface area contributed by atoms with Gasteiger partial charge in [0.1, 0.15) is 17.3 Å². The lowest BCUT2D eigenvalue weighted by Crippen LogP contribution is -2.16. The molecule has 1 amide bonds. The van der Waals surface area contributed by atoms with E-state index < -0.39 is 5.97 Å². The summed E-state index contributed by atoms with van der Waals surface area (Å²) in [4.78, 5) is 33.1. The number of benzene rings is 2. The number of carbonyl (C=O) groups is 2. The summed E-state index contributed by atoms with van der Waals surface area (Å²) in [7, 11) is 1.32. The fourth-order valence-corrected chi connectivity index (χ4v) is 2.67. The first-order chi connectivity index (χ1) is 13.5. The maximum atomic E-state index is 12.6. The van der Waals surface area contributed by atoms with Crippen LogP contribution in [0.2, 0.25) is 0 Å². The Bertz CT molecular complexity index is 1030. The van der Waals surface area contributed by atoms with Gasteiger partial charge in [-0.05, 0) is 37.6 Å². The highest BCUT2D eigenvalue weighted by Gasteiger charge is 2.15. The number of hydrogen-bond acceptors (Lipinski definition) is 6. The van der Waals surface area contributed by atoms with Gasteiger partial charge in [-0.15, -0.1) is 0 Å². The molecule has 0 spiro atoms. The normalized spacial score (nSPS) is 10.2. The Labute approximate surface area is 162 Å². The first kappa shape index (κ1) is 19.0. The van der Waals surface area contributed by atoms with Crippen LogP contribution in [0.3, 0.4) is 0 Å². The molecule has 0 saturated heterocycles. The molecule has 0 radical (unpaired) electrons. The van der Waals surface area contributed by atoms with Crippen molar-refractivity contribution in [3.63, 3.8) is 0 Å². The third kappa shape index (κ3) is 4.32. The van der Waals surface area contributed by atoms with Crippen molar-refractivity contribution in [3.05, 3.63) is 77.2 Å². The van der Waals surface area contributed by atoms with Crippen LogP contribution in [-0.4, -0.2) is 29.0 Å². The number of ether oxygens (including phenoxy) is 1. The Kier molecular flexibility index (Phi) is 5.64. The average Bonchev–Trinajstić information content (AvgIpc) is 2.69. The molecule has 142 valence electrons. The van der Waals surface area contributed by atoms with Crippen molar-refractivity contribution in [2.24, 2.45) is 0 Å². The van der Waals surface area contributed by atoms with Crippen LogP contribution in [0, 0.1) is 13.8 Å². The highest BCUT2D eigenvalue weighted by molar-refractivity contribution is 6.04. The van der Waals surface area contributed by atoms with Crippen LogP contribution < -0.4 is 10.6 Å². The molecule has 2 aromatic carbocycles. The van der Waals surface area contributed by atoms with Crippen LogP contribution in [0.5, 0.6) is 0 Å². The number of nitrogens with zero attached hydrogens (tertiary/aromatic N) is 2. The fourth-order valence-electron chi connectivity index (χ4n) is 2.67. The Morgan fingerprint density at radius 3 is 2.32 bits per heavy atom. The molecule has 0 aliphatic rings. The van der Waals surface area contributed by atoms with Crippen molar-refractivity contribution in [1.29, 1.82) is 0 Å². The van der Waals surface area contributed by atoms with E-state index in [1.165, 1.54) is 13.2 Å². The Hall–Kier alpha value is -3.74. The van der Waals surface area contributed by atoms with E-state index >= 15 is 0 Å². The monoisotopic (exact) mass is 376 g/mol. The predicted octanol–water partition coefficient (Wildman–Crippen LogP) is 3.88. The van der Waals surface area contributed by atoms with Crippen LogP contribution in [0.4, 0.5) is 17.2 Å². The summed E-state index contributed by atoms with van der Waals surface area (Å²) in [6.07, 6.45) is 0. The number of rotatable bonds is 5. The van der Waals surface area contributed by atoms with Gasteiger partial charge >= 0.3 is 5.97 Å². The van der Waals surface area contributed by atoms with Crippen LogP contribution in [0.25, 0.3) is 0 Å². The molecular formula is C21H20N4O3. The molecule has 0 bridgehead atoms. The van der Waals surface area contributed by atoms with Gasteiger partial charge in [0.2, 0.25) is 0 Å². The van der Waals surface area contributed by atoms with Gasteiger partial charge in [0.05, 0.1) is 18.4 Å². The molecule has 0 saturated carbocycles. The Morgan fingerprint density at radius 2 is 1.61 bits per heavy atom. The Morgan fingerprint density at radius 1 is 0.929 bits per heavy atom. The maximum absolute atomic E-state index is 12.6. The van der Waals surface area contributed by atoms with E-state index in [2.05, 4.69) is 20.6 Å². The number of aromatic nitrogens is 2. The minimum absolute atomic E-state index is 0.216. The highest BCUT2D eigenvalue weighted by Crippen LogP contribution is 2.21. The predicted molar refractivity (Wildman–Crippen MR) is 107 cm³/mol. The van der Waals surface area contributed by atoms with E-state index in [4.69, 9.17) is 4.74 Å². The standard InChI is InChI=1S/C21H20N4O3/c1-13-8-4-6-10-16(13)25-20(26)18-12-19(23-14(2)22-18)24-17-11-7-5-9-15(17)21(27)28-3/h4-12H,1-3H3,(H,25,26)(H,22,23,24). The Balaban J connectivity index is 1.87. The summed E-state index contributed by atoms with van der Waals surface area (Å²) in [5.41, 5.74) is 2.78. The van der Waals surface area contributed by atoms with Crippen LogP contribution in [0.1, 0.15) is 32.2 Å². The van der Waals surface area contributed by atoms with Crippen LogP contribution >= 0.6 is 0 Å². The lowest BCUT2D eigenvalue weighted by Gasteiger charge is -2.12. The second-order valence-electron chi connectivity index (χ2n) is 6.12. The van der Waals surface area contributed by atoms with E-state index in [9.17, 15) is 9.59 Å². The number of methoxy groups -OCH3 is 1. The van der Waals surface area contributed by atoms with Crippen LogP contribution in [-0.2, 0) is 4.74 Å². The van der Waals surface area contributed by atoms with Crippen molar-refractivity contribution < 1.29 is 14.3 Å². The summed E-state index contributed by atoms with van der Waals surface area (Å²) in [5.74, 6) is 0.0183. The molecule has 0 unspecified atom stereocenters. The third-order valence-electron chi connectivity index (χ3n) is 4.06. The quantitative estimate of drug-likeness (QED) is 0.657. The van der Waals surface area contributed by atoms with Crippen molar-refractivity contribution in [1.82, 2.24) is 9.97 Å². The molecule has 0 atom stereocenters. The SMILES string of the molecule is COC(=O)c1ccccc1Nc1cc(C(=O)Nc2ccccc2C)nc(C)n1. The molecule has 3 aromatic rings. The molecule has 2 N–H and O–H groups in total. The zero-order valence-corrected chi connectivity index (χ0v) is 15.8. The molecule has 7 nitrogen and oxygen atoms in total. The summed E-state index contributed by atoms with van der Waals surface area (Å²) >= 11 is 0. The molecule has 0 aliphatic heterocycles.